The molecule has 9 heteroatoms. The first-order chi connectivity index (χ1) is 9.98. The fraction of sp³-hybridized carbons (Fsp3) is 0.0833. The molecule has 0 unspecified atom stereocenters. The van der Waals surface area contributed by atoms with Gasteiger partial charge in [-0.2, -0.15) is 0 Å². The molecular weight excluding hydrogens is 298 g/mol. The highest BCUT2D eigenvalue weighted by molar-refractivity contribution is 7.89. The zero-order valence-corrected chi connectivity index (χ0v) is 11.3. The number of benzene rings is 1. The quantitative estimate of drug-likeness (QED) is 0.912. The van der Waals surface area contributed by atoms with E-state index in [9.17, 15) is 13.2 Å². The maximum Gasteiger partial charge on any atom is 0.358 e. The number of hydrogen-bond donors (Lipinski definition) is 1. The summed E-state index contributed by atoms with van der Waals surface area (Å²) >= 11 is 0. The lowest BCUT2D eigenvalue weighted by Crippen LogP contribution is -2.31. The molecule has 0 bridgehead atoms. The van der Waals surface area contributed by atoms with Crippen LogP contribution >= 0.6 is 0 Å². The van der Waals surface area contributed by atoms with Crippen LogP contribution < -0.4 is 0 Å². The Morgan fingerprint density at radius 1 is 1.33 bits per heavy atom. The molecule has 8 nitrogen and oxygen atoms in total. The average Bonchev–Trinajstić information content (AvgIpc) is 2.91. The first kappa shape index (κ1) is 13.3. The van der Waals surface area contributed by atoms with Crippen molar-refractivity contribution in [1.82, 2.24) is 9.46 Å². The van der Waals surface area contributed by atoms with Crippen molar-refractivity contribution < 1.29 is 22.8 Å². The van der Waals surface area contributed by atoms with Crippen molar-refractivity contribution in [2.45, 2.75) is 11.4 Å². The predicted octanol–water partition coefficient (Wildman–Crippen LogP) is 1.24. The van der Waals surface area contributed by atoms with E-state index in [1.54, 1.807) is 18.2 Å². The summed E-state index contributed by atoms with van der Waals surface area (Å²) in [7, 11) is -3.74. The summed E-state index contributed by atoms with van der Waals surface area (Å²) in [5.41, 5.74) is 0.0780. The van der Waals surface area contributed by atoms with E-state index in [1.165, 1.54) is 18.5 Å². The number of carbonyl (C=O) groups is 1. The van der Waals surface area contributed by atoms with Crippen LogP contribution in [0.25, 0.3) is 0 Å². The Labute approximate surface area is 119 Å². The fourth-order valence-corrected chi connectivity index (χ4v) is 3.22. The highest BCUT2D eigenvalue weighted by atomic mass is 32.2. The smallest absolute Gasteiger partial charge is 0.358 e. The van der Waals surface area contributed by atoms with E-state index in [2.05, 4.69) is 10.1 Å². The van der Waals surface area contributed by atoms with E-state index in [0.29, 0.717) is 5.69 Å². The maximum atomic E-state index is 12.4. The van der Waals surface area contributed by atoms with Crippen molar-refractivity contribution >= 4 is 28.0 Å². The number of rotatable bonds is 3. The van der Waals surface area contributed by atoms with E-state index in [0.717, 1.165) is 4.31 Å². The topological polar surface area (TPSA) is 113 Å². The molecular formula is C12H9N3O5S. The lowest BCUT2D eigenvalue weighted by Gasteiger charge is -2.22. The number of aromatic nitrogens is 1. The molecule has 0 fully saturated rings. The van der Waals surface area contributed by atoms with Gasteiger partial charge in [0, 0.05) is 6.07 Å². The third-order valence-electron chi connectivity index (χ3n) is 2.87. The van der Waals surface area contributed by atoms with Crippen molar-refractivity contribution in [2.75, 3.05) is 0 Å². The molecule has 0 spiro atoms. The molecule has 0 atom stereocenters. The summed E-state index contributed by atoms with van der Waals surface area (Å²) in [6.07, 6.45) is 1.17. The SMILES string of the molecule is O=C(O)c1cc(CN2C=Nc3ccccc3S2(=O)=O)on1. The molecule has 1 aliphatic heterocycles. The molecule has 0 amide bonds. The normalized spacial score (nSPS) is 15.7. The zero-order valence-electron chi connectivity index (χ0n) is 10.5. The second-order valence-electron chi connectivity index (χ2n) is 4.25. The molecule has 1 aliphatic rings. The molecule has 0 radical (unpaired) electrons. The summed E-state index contributed by atoms with van der Waals surface area (Å²) in [5, 5.41) is 12.1. The van der Waals surface area contributed by atoms with Crippen molar-refractivity contribution in [2.24, 2.45) is 4.99 Å². The number of para-hydroxylation sites is 1. The third-order valence-corrected chi connectivity index (χ3v) is 4.61. The summed E-state index contributed by atoms with van der Waals surface area (Å²) in [6, 6.07) is 7.52. The van der Waals surface area contributed by atoms with Crippen LogP contribution in [0, 0.1) is 0 Å². The Bertz CT molecular complexity index is 840. The van der Waals surface area contributed by atoms with E-state index in [4.69, 9.17) is 9.63 Å². The van der Waals surface area contributed by atoms with E-state index >= 15 is 0 Å². The van der Waals surface area contributed by atoms with Gasteiger partial charge in [-0.3, -0.25) is 0 Å². The molecule has 0 aliphatic carbocycles. The van der Waals surface area contributed by atoms with E-state index in [1.807, 2.05) is 0 Å². The molecule has 1 aromatic heterocycles. The average molecular weight is 307 g/mol. The van der Waals surface area contributed by atoms with Gasteiger partial charge in [0.15, 0.2) is 11.5 Å². The van der Waals surface area contributed by atoms with Crippen molar-refractivity contribution in [3.63, 3.8) is 0 Å². The lowest BCUT2D eigenvalue weighted by molar-refractivity contribution is 0.0685. The largest absolute Gasteiger partial charge is 0.476 e. The standard InChI is InChI=1S/C12H9N3O5S/c16-12(17)10-5-8(20-14-10)6-15-7-13-9-3-1-2-4-11(9)21(15,18)19/h1-5,7H,6H2,(H,16,17). The number of carboxylic acid groups (broad SMARTS) is 1. The van der Waals surface area contributed by atoms with Gasteiger partial charge in [0.05, 0.1) is 12.2 Å². The first-order valence-electron chi connectivity index (χ1n) is 5.82. The third kappa shape index (κ3) is 2.27. The summed E-state index contributed by atoms with van der Waals surface area (Å²) < 4.78 is 30.6. The minimum absolute atomic E-state index is 0.0884. The van der Waals surface area contributed by atoms with Gasteiger partial charge in [0.1, 0.15) is 11.2 Å². The number of hydrogen-bond acceptors (Lipinski definition) is 6. The van der Waals surface area contributed by atoms with Gasteiger partial charge < -0.3 is 9.63 Å². The molecule has 108 valence electrons. The van der Waals surface area contributed by atoms with Crippen molar-refractivity contribution in [3.8, 4) is 0 Å². The number of nitrogens with zero attached hydrogens (tertiary/aromatic N) is 3. The number of carboxylic acids is 1. The summed E-state index contributed by atoms with van der Waals surface area (Å²) in [4.78, 5) is 14.9. The van der Waals surface area contributed by atoms with Gasteiger partial charge in [-0.15, -0.1) is 0 Å². The van der Waals surface area contributed by atoms with Gasteiger partial charge in [0.2, 0.25) is 0 Å². The Kier molecular flexibility index (Phi) is 2.98. The van der Waals surface area contributed by atoms with Crippen LogP contribution in [0.3, 0.4) is 0 Å². The second-order valence-corrected chi connectivity index (χ2v) is 6.11. The predicted molar refractivity (Wildman–Crippen MR) is 70.8 cm³/mol. The number of aromatic carboxylic acids is 1. The van der Waals surface area contributed by atoms with Crippen LogP contribution in [0.5, 0.6) is 0 Å². The fourth-order valence-electron chi connectivity index (χ4n) is 1.86. The highest BCUT2D eigenvalue weighted by Gasteiger charge is 2.29. The van der Waals surface area contributed by atoms with Gasteiger partial charge in [0.25, 0.3) is 10.0 Å². The van der Waals surface area contributed by atoms with Crippen molar-refractivity contribution in [1.29, 1.82) is 0 Å². The lowest BCUT2D eigenvalue weighted by atomic mass is 10.3. The number of fused-ring (bicyclic) bond motifs is 1. The van der Waals surface area contributed by atoms with Gasteiger partial charge in [-0.1, -0.05) is 17.3 Å². The Morgan fingerprint density at radius 2 is 2.10 bits per heavy atom. The summed E-state index contributed by atoms with van der Waals surface area (Å²) in [6.45, 7) is -0.180. The molecule has 1 aromatic carbocycles. The monoisotopic (exact) mass is 307 g/mol. The highest BCUT2D eigenvalue weighted by Crippen LogP contribution is 2.30. The molecule has 0 saturated heterocycles. The van der Waals surface area contributed by atoms with Crippen LogP contribution in [0.2, 0.25) is 0 Å². The van der Waals surface area contributed by atoms with Crippen LogP contribution in [0.15, 0.2) is 44.7 Å². The number of sulfonamides is 1. The molecule has 1 N–H and O–H groups in total. The molecule has 2 aromatic rings. The molecule has 2 heterocycles. The molecule has 3 rings (SSSR count). The second kappa shape index (κ2) is 4.70. The number of aliphatic imine (C=N–C) groups is 1. The van der Waals surface area contributed by atoms with Crippen LogP contribution in [-0.4, -0.2) is 35.3 Å². The van der Waals surface area contributed by atoms with Crippen molar-refractivity contribution in [3.05, 3.63) is 41.8 Å². The first-order valence-corrected chi connectivity index (χ1v) is 7.26. The molecule has 0 saturated carbocycles. The Morgan fingerprint density at radius 3 is 2.81 bits per heavy atom. The van der Waals surface area contributed by atoms with Gasteiger partial charge >= 0.3 is 5.97 Å². The van der Waals surface area contributed by atoms with Crippen LogP contribution in [-0.2, 0) is 16.6 Å². The van der Waals surface area contributed by atoms with E-state index < -0.39 is 16.0 Å². The van der Waals surface area contributed by atoms with Crippen LogP contribution in [0.1, 0.15) is 16.2 Å². The van der Waals surface area contributed by atoms with Crippen LogP contribution in [0.4, 0.5) is 5.69 Å². The summed E-state index contributed by atoms with van der Waals surface area (Å²) in [5.74, 6) is -1.13. The minimum Gasteiger partial charge on any atom is -0.476 e. The van der Waals surface area contributed by atoms with E-state index in [-0.39, 0.29) is 22.9 Å². The Balaban J connectivity index is 1.92. The Hall–Kier alpha value is -2.68. The maximum absolute atomic E-state index is 12.4. The van der Waals surface area contributed by atoms with Gasteiger partial charge in [-0.25, -0.2) is 22.5 Å². The van der Waals surface area contributed by atoms with Gasteiger partial charge in [-0.05, 0) is 12.1 Å². The zero-order chi connectivity index (χ0) is 15.0. The minimum atomic E-state index is -3.74. The molecule has 21 heavy (non-hydrogen) atoms.